The van der Waals surface area contributed by atoms with Crippen LogP contribution in [0.2, 0.25) is 5.02 Å². The molecule has 2 atom stereocenters. The molecule has 1 N–H and O–H groups in total. The number of nitrogens with zero attached hydrogens (tertiary/aromatic N) is 2. The quantitative estimate of drug-likeness (QED) is 0.445. The molecule has 0 saturated carbocycles. The predicted molar refractivity (Wildman–Crippen MR) is 135 cm³/mol. The number of thiophene rings is 1. The van der Waals surface area contributed by atoms with Gasteiger partial charge >= 0.3 is 0 Å². The molecule has 2 saturated heterocycles. The first-order valence-electron chi connectivity index (χ1n) is 11.9. The number of piperidine rings is 1. The van der Waals surface area contributed by atoms with E-state index in [1.165, 1.54) is 4.90 Å². The van der Waals surface area contributed by atoms with Crippen LogP contribution in [0.4, 0.5) is 0 Å². The van der Waals surface area contributed by atoms with Crippen molar-refractivity contribution in [2.45, 2.75) is 58.1 Å². The van der Waals surface area contributed by atoms with Gasteiger partial charge in [-0.1, -0.05) is 18.5 Å². The van der Waals surface area contributed by atoms with Gasteiger partial charge < -0.3 is 10.1 Å². The molecule has 2 fully saturated rings. The van der Waals surface area contributed by atoms with Crippen LogP contribution >= 0.6 is 22.9 Å². The molecule has 2 aromatic heterocycles. The normalized spacial score (nSPS) is 19.7. The van der Waals surface area contributed by atoms with Crippen LogP contribution in [0.1, 0.15) is 55.5 Å². The smallest absolute Gasteiger partial charge is 0.230 e. The highest BCUT2D eigenvalue weighted by Crippen LogP contribution is 2.44. The number of carbonyl (C=O) groups is 2. The Bertz CT molecular complexity index is 1240. The molecular weight excluding hydrogens is 470 g/mol. The Morgan fingerprint density at radius 3 is 2.74 bits per heavy atom. The maximum atomic E-state index is 12.4. The van der Waals surface area contributed by atoms with E-state index in [1.807, 2.05) is 38.1 Å². The first-order valence-corrected chi connectivity index (χ1v) is 13.1. The highest BCUT2D eigenvalue weighted by molar-refractivity contribution is 7.19. The van der Waals surface area contributed by atoms with Crippen molar-refractivity contribution < 1.29 is 14.3 Å². The lowest BCUT2D eigenvalue weighted by Crippen LogP contribution is -2.37. The van der Waals surface area contributed by atoms with Gasteiger partial charge in [-0.3, -0.25) is 19.5 Å². The lowest BCUT2D eigenvalue weighted by molar-refractivity contribution is -0.141. The van der Waals surface area contributed by atoms with Gasteiger partial charge in [-0.25, -0.2) is 0 Å². The van der Waals surface area contributed by atoms with Crippen molar-refractivity contribution in [1.82, 2.24) is 15.2 Å². The van der Waals surface area contributed by atoms with E-state index in [0.717, 1.165) is 63.5 Å². The second kappa shape index (κ2) is 9.64. The van der Waals surface area contributed by atoms with E-state index in [-0.39, 0.29) is 24.0 Å². The van der Waals surface area contributed by atoms with Crippen molar-refractivity contribution in [3.8, 4) is 16.9 Å². The average Bonchev–Trinajstić information content (AvgIpc) is 3.40. The first kappa shape index (κ1) is 23.3. The lowest BCUT2D eigenvalue weighted by Gasteiger charge is -2.26. The van der Waals surface area contributed by atoms with Crippen molar-refractivity contribution in [2.24, 2.45) is 0 Å². The minimum absolute atomic E-state index is 0.0928. The molecule has 2 aliphatic heterocycles. The molecule has 6 nitrogen and oxygen atoms in total. The van der Waals surface area contributed by atoms with E-state index in [1.54, 1.807) is 17.5 Å². The third-order valence-electron chi connectivity index (χ3n) is 6.61. The number of aromatic nitrogens is 1. The van der Waals surface area contributed by atoms with Gasteiger partial charge in [0.2, 0.25) is 11.8 Å². The fourth-order valence-electron chi connectivity index (χ4n) is 4.96. The number of pyridine rings is 1. The summed E-state index contributed by atoms with van der Waals surface area (Å²) in [6.07, 6.45) is 5.26. The van der Waals surface area contributed by atoms with Crippen LogP contribution in [0.5, 0.6) is 5.75 Å². The zero-order valence-corrected chi connectivity index (χ0v) is 21.0. The molecule has 0 aliphatic carbocycles. The van der Waals surface area contributed by atoms with Crippen LogP contribution in [0, 0.1) is 6.92 Å². The van der Waals surface area contributed by atoms with E-state index < -0.39 is 0 Å². The molecule has 0 unspecified atom stereocenters. The number of aryl methyl sites for hydroxylation is 1. The molecule has 8 heteroatoms. The van der Waals surface area contributed by atoms with Gasteiger partial charge in [0.05, 0.1) is 16.3 Å². The van der Waals surface area contributed by atoms with Gasteiger partial charge in [0, 0.05) is 46.6 Å². The molecule has 34 heavy (non-hydrogen) atoms. The summed E-state index contributed by atoms with van der Waals surface area (Å²) in [6.45, 7) is 5.88. The summed E-state index contributed by atoms with van der Waals surface area (Å²) >= 11 is 8.09. The topological polar surface area (TPSA) is 71.5 Å². The molecule has 2 amide bonds. The van der Waals surface area contributed by atoms with E-state index >= 15 is 0 Å². The second-order valence-electron chi connectivity index (χ2n) is 8.99. The zero-order valence-electron chi connectivity index (χ0n) is 19.4. The molecule has 1 aromatic carbocycles. The number of benzene rings is 1. The Morgan fingerprint density at radius 2 is 2.03 bits per heavy atom. The minimum Gasteiger partial charge on any atom is -0.488 e. The average molecular weight is 498 g/mol. The highest BCUT2D eigenvalue weighted by Gasteiger charge is 2.36. The van der Waals surface area contributed by atoms with E-state index in [0.29, 0.717) is 24.3 Å². The third kappa shape index (κ3) is 4.32. The summed E-state index contributed by atoms with van der Waals surface area (Å²) in [4.78, 5) is 31.9. The number of amides is 2. The molecule has 4 heterocycles. The van der Waals surface area contributed by atoms with E-state index in [2.05, 4.69) is 10.3 Å². The minimum atomic E-state index is -0.264. The second-order valence-corrected chi connectivity index (χ2v) is 10.5. The number of halogens is 1. The first-order chi connectivity index (χ1) is 16.5. The number of imide groups is 1. The van der Waals surface area contributed by atoms with Crippen LogP contribution in [0.3, 0.4) is 0 Å². The Hall–Kier alpha value is -2.48. The van der Waals surface area contributed by atoms with Crippen LogP contribution in [0.15, 0.2) is 30.5 Å². The summed E-state index contributed by atoms with van der Waals surface area (Å²) in [7, 11) is 0. The van der Waals surface area contributed by atoms with Crippen LogP contribution in [0.25, 0.3) is 21.3 Å². The summed E-state index contributed by atoms with van der Waals surface area (Å²) in [5.41, 5.74) is 3.78. The zero-order chi connectivity index (χ0) is 23.8. The largest absolute Gasteiger partial charge is 0.488 e. The highest BCUT2D eigenvalue weighted by atomic mass is 35.5. The number of rotatable bonds is 6. The Balaban J connectivity index is 1.59. The fourth-order valence-corrected chi connectivity index (χ4v) is 6.55. The summed E-state index contributed by atoms with van der Waals surface area (Å²) in [6, 6.07) is 7.64. The number of ether oxygens (including phenoxy) is 1. The molecule has 2 aliphatic rings. The third-order valence-corrected chi connectivity index (χ3v) is 8.09. The summed E-state index contributed by atoms with van der Waals surface area (Å²) < 4.78 is 7.53. The predicted octanol–water partition coefficient (Wildman–Crippen LogP) is 5.66. The summed E-state index contributed by atoms with van der Waals surface area (Å²) in [5, 5.41) is 4.07. The van der Waals surface area contributed by atoms with Gasteiger partial charge in [0.25, 0.3) is 0 Å². The van der Waals surface area contributed by atoms with Crippen molar-refractivity contribution in [2.75, 3.05) is 13.1 Å². The van der Waals surface area contributed by atoms with Crippen LogP contribution < -0.4 is 10.1 Å². The summed E-state index contributed by atoms with van der Waals surface area (Å²) in [5.74, 6) is 0.659. The van der Waals surface area contributed by atoms with Crippen molar-refractivity contribution >= 4 is 45.0 Å². The monoisotopic (exact) mass is 497 g/mol. The Labute approximate surface area is 208 Å². The standard InChI is InChI=1S/C26H28ClN3O3S/c1-3-21(30-23(31)6-7-24(30)32)22-13-20-26(34-22)18(8-10-29-20)19-12-16(27)11-15(2)25(19)33-17-5-4-9-28-14-17/h8,10-13,17,21,28H,3-7,9,14H2,1-2H3/t17-,21-/m0/s1. The number of carbonyl (C=O) groups excluding carboxylic acids is 2. The SMILES string of the molecule is CC[C@@H](c1cc2nccc(-c3cc(Cl)cc(C)c3O[C@H]3CCCNC3)c2s1)N1C(=O)CCC1=O. The molecule has 178 valence electrons. The maximum absolute atomic E-state index is 12.4. The van der Waals surface area contributed by atoms with Gasteiger partial charge in [-0.2, -0.15) is 0 Å². The molecule has 0 radical (unpaired) electrons. The number of fused-ring (bicyclic) bond motifs is 1. The molecular formula is C26H28ClN3O3S. The number of hydrogen-bond donors (Lipinski definition) is 1. The van der Waals surface area contributed by atoms with Crippen molar-refractivity contribution in [3.63, 3.8) is 0 Å². The van der Waals surface area contributed by atoms with Gasteiger partial charge in [-0.05, 0) is 62.6 Å². The van der Waals surface area contributed by atoms with Gasteiger partial charge in [0.1, 0.15) is 11.9 Å². The van der Waals surface area contributed by atoms with Crippen molar-refractivity contribution in [1.29, 1.82) is 0 Å². The maximum Gasteiger partial charge on any atom is 0.230 e. The number of hydrogen-bond acceptors (Lipinski definition) is 6. The Kier molecular flexibility index (Phi) is 6.60. The number of likely N-dealkylation sites (tertiary alicyclic amines) is 1. The van der Waals surface area contributed by atoms with Crippen LogP contribution in [-0.2, 0) is 9.59 Å². The molecule has 0 bridgehead atoms. The molecule has 5 rings (SSSR count). The van der Waals surface area contributed by atoms with Crippen molar-refractivity contribution in [3.05, 3.63) is 45.9 Å². The van der Waals surface area contributed by atoms with Gasteiger partial charge in [-0.15, -0.1) is 11.3 Å². The number of nitrogens with one attached hydrogen (secondary N) is 1. The lowest BCUT2D eigenvalue weighted by atomic mass is 10.0. The Morgan fingerprint density at radius 1 is 1.24 bits per heavy atom. The van der Waals surface area contributed by atoms with E-state index in [4.69, 9.17) is 16.3 Å². The van der Waals surface area contributed by atoms with Gasteiger partial charge in [0.15, 0.2) is 0 Å². The van der Waals surface area contributed by atoms with Crippen LogP contribution in [-0.4, -0.2) is 40.9 Å². The molecule has 3 aromatic rings. The van der Waals surface area contributed by atoms with E-state index in [9.17, 15) is 9.59 Å². The molecule has 0 spiro atoms. The fraction of sp³-hybridized carbons (Fsp3) is 0.423.